The number of aryl methyl sites for hydroxylation is 3. The molecular formula is C17H27ClIN5O. The summed E-state index contributed by atoms with van der Waals surface area (Å²) in [5, 5.41) is 8.14. The molecule has 2 aromatic heterocycles. The summed E-state index contributed by atoms with van der Waals surface area (Å²) in [5.74, 6) is 1.78. The van der Waals surface area contributed by atoms with Crippen LogP contribution in [0.2, 0.25) is 5.02 Å². The predicted octanol–water partition coefficient (Wildman–Crippen LogP) is 3.54. The fourth-order valence-electron chi connectivity index (χ4n) is 2.75. The maximum Gasteiger partial charge on any atom is 0.193 e. The summed E-state index contributed by atoms with van der Waals surface area (Å²) in [4.78, 5) is 6.43. The van der Waals surface area contributed by atoms with E-state index in [9.17, 15) is 0 Å². The first-order valence-corrected chi connectivity index (χ1v) is 8.44. The molecule has 2 rings (SSSR count). The molecule has 0 amide bonds. The fraction of sp³-hybridized carbons (Fsp3) is 0.529. The van der Waals surface area contributed by atoms with Gasteiger partial charge in [0.1, 0.15) is 5.76 Å². The molecule has 6 nitrogen and oxygen atoms in total. The maximum absolute atomic E-state index is 6.04. The molecule has 0 aliphatic heterocycles. The Morgan fingerprint density at radius 1 is 1.44 bits per heavy atom. The van der Waals surface area contributed by atoms with E-state index in [1.807, 2.05) is 44.8 Å². The van der Waals surface area contributed by atoms with E-state index in [1.54, 1.807) is 7.05 Å². The van der Waals surface area contributed by atoms with E-state index in [-0.39, 0.29) is 24.0 Å². The fourth-order valence-corrected chi connectivity index (χ4v) is 3.02. The lowest BCUT2D eigenvalue weighted by Gasteiger charge is -2.22. The molecule has 2 aromatic rings. The van der Waals surface area contributed by atoms with Gasteiger partial charge in [-0.2, -0.15) is 0 Å². The molecule has 0 aliphatic carbocycles. The van der Waals surface area contributed by atoms with Crippen LogP contribution < -0.4 is 5.32 Å². The first-order chi connectivity index (χ1) is 11.4. The lowest BCUT2D eigenvalue weighted by Crippen LogP contribution is -2.39. The van der Waals surface area contributed by atoms with Gasteiger partial charge in [-0.3, -0.25) is 4.99 Å². The average molecular weight is 480 g/mol. The summed E-state index contributed by atoms with van der Waals surface area (Å²) in [6.45, 7) is 5.53. The molecule has 2 heterocycles. The van der Waals surface area contributed by atoms with Gasteiger partial charge in [0.05, 0.1) is 17.3 Å². The summed E-state index contributed by atoms with van der Waals surface area (Å²) >= 11 is 6.04. The molecule has 0 spiro atoms. The molecule has 0 unspecified atom stereocenters. The van der Waals surface area contributed by atoms with E-state index in [1.165, 1.54) is 5.56 Å². The number of aliphatic imine (C=N–C) groups is 1. The minimum atomic E-state index is 0. The molecule has 25 heavy (non-hydrogen) atoms. The summed E-state index contributed by atoms with van der Waals surface area (Å²) in [5.41, 5.74) is 3.33. The molecule has 0 saturated carbocycles. The largest absolute Gasteiger partial charge is 0.361 e. The monoisotopic (exact) mass is 479 g/mol. The van der Waals surface area contributed by atoms with Gasteiger partial charge >= 0.3 is 0 Å². The third-order valence-electron chi connectivity index (χ3n) is 4.11. The third kappa shape index (κ3) is 5.91. The highest BCUT2D eigenvalue weighted by Crippen LogP contribution is 2.15. The number of guanidine groups is 1. The van der Waals surface area contributed by atoms with Crippen molar-refractivity contribution < 1.29 is 4.52 Å². The van der Waals surface area contributed by atoms with Crippen LogP contribution in [0.4, 0.5) is 0 Å². The van der Waals surface area contributed by atoms with Crippen molar-refractivity contribution >= 4 is 41.5 Å². The van der Waals surface area contributed by atoms with Crippen molar-refractivity contribution in [2.75, 3.05) is 20.6 Å². The van der Waals surface area contributed by atoms with Crippen LogP contribution in [-0.2, 0) is 20.0 Å². The number of hydrogen-bond donors (Lipinski definition) is 1. The number of nitrogens with one attached hydrogen (secondary N) is 1. The zero-order chi connectivity index (χ0) is 17.7. The number of aromatic nitrogens is 2. The first kappa shape index (κ1) is 21.8. The highest BCUT2D eigenvalue weighted by atomic mass is 127. The maximum atomic E-state index is 6.04. The number of hydrogen-bond acceptors (Lipinski definition) is 3. The van der Waals surface area contributed by atoms with Gasteiger partial charge in [0.15, 0.2) is 5.96 Å². The van der Waals surface area contributed by atoms with Crippen LogP contribution in [0.1, 0.15) is 29.1 Å². The smallest absolute Gasteiger partial charge is 0.193 e. The van der Waals surface area contributed by atoms with Gasteiger partial charge in [-0.25, -0.2) is 0 Å². The Morgan fingerprint density at radius 2 is 2.16 bits per heavy atom. The van der Waals surface area contributed by atoms with E-state index in [0.29, 0.717) is 0 Å². The first-order valence-electron chi connectivity index (χ1n) is 8.06. The minimum absolute atomic E-state index is 0. The van der Waals surface area contributed by atoms with Crippen LogP contribution in [0, 0.1) is 13.8 Å². The van der Waals surface area contributed by atoms with Gasteiger partial charge in [-0.1, -0.05) is 16.8 Å². The summed E-state index contributed by atoms with van der Waals surface area (Å²) < 4.78 is 7.23. The lowest BCUT2D eigenvalue weighted by atomic mass is 10.1. The highest BCUT2D eigenvalue weighted by Gasteiger charge is 2.11. The molecule has 0 aliphatic rings. The lowest BCUT2D eigenvalue weighted by molar-refractivity contribution is 0.392. The molecule has 0 fully saturated rings. The Kier molecular flexibility index (Phi) is 8.78. The average Bonchev–Trinajstić information content (AvgIpc) is 3.01. The van der Waals surface area contributed by atoms with Gasteiger partial charge in [0, 0.05) is 45.1 Å². The van der Waals surface area contributed by atoms with Gasteiger partial charge < -0.3 is 19.3 Å². The van der Waals surface area contributed by atoms with E-state index in [4.69, 9.17) is 16.1 Å². The van der Waals surface area contributed by atoms with Gasteiger partial charge in [0.2, 0.25) is 0 Å². The molecule has 0 aromatic carbocycles. The number of rotatable bonds is 6. The standard InChI is InChI=1S/C17H26ClN5O.HI/c1-12-16(13(2)24-21-12)7-6-8-20-17(19-3)23(5)11-15-9-14(18)10-22(15)4;/h9-10H,6-8,11H2,1-5H3,(H,19,20);1H. The van der Waals surface area contributed by atoms with Crippen LogP contribution in [-0.4, -0.2) is 41.2 Å². The minimum Gasteiger partial charge on any atom is -0.361 e. The second-order valence-electron chi connectivity index (χ2n) is 6.00. The molecule has 8 heteroatoms. The Labute approximate surface area is 171 Å². The van der Waals surface area contributed by atoms with Crippen molar-refractivity contribution in [2.24, 2.45) is 12.0 Å². The van der Waals surface area contributed by atoms with Crippen LogP contribution in [0.15, 0.2) is 21.8 Å². The molecule has 140 valence electrons. The van der Waals surface area contributed by atoms with Crippen LogP contribution in [0.3, 0.4) is 0 Å². The molecule has 1 N–H and O–H groups in total. The van der Waals surface area contributed by atoms with Gasteiger partial charge in [-0.05, 0) is 32.8 Å². The predicted molar refractivity (Wildman–Crippen MR) is 113 cm³/mol. The third-order valence-corrected chi connectivity index (χ3v) is 4.32. The Hall–Kier alpha value is -1.22. The van der Waals surface area contributed by atoms with Crippen LogP contribution in [0.25, 0.3) is 0 Å². The second kappa shape index (κ2) is 10.1. The van der Waals surface area contributed by atoms with Crippen LogP contribution in [0.5, 0.6) is 0 Å². The Bertz CT molecular complexity index is 690. The van der Waals surface area contributed by atoms with Crippen molar-refractivity contribution in [3.8, 4) is 0 Å². The van der Waals surface area contributed by atoms with Crippen LogP contribution >= 0.6 is 35.6 Å². The van der Waals surface area contributed by atoms with Gasteiger partial charge in [0.25, 0.3) is 0 Å². The topological polar surface area (TPSA) is 58.6 Å². The summed E-state index contributed by atoms with van der Waals surface area (Å²) in [6, 6.07) is 1.97. The van der Waals surface area contributed by atoms with Crippen molar-refractivity contribution in [3.05, 3.63) is 40.0 Å². The Morgan fingerprint density at radius 3 is 2.68 bits per heavy atom. The molecule has 0 radical (unpaired) electrons. The zero-order valence-electron chi connectivity index (χ0n) is 15.5. The molecular weight excluding hydrogens is 453 g/mol. The molecule has 0 saturated heterocycles. The number of halogens is 2. The zero-order valence-corrected chi connectivity index (χ0v) is 18.6. The van der Waals surface area contributed by atoms with E-state index in [0.717, 1.165) is 54.1 Å². The van der Waals surface area contributed by atoms with E-state index >= 15 is 0 Å². The van der Waals surface area contributed by atoms with Crippen molar-refractivity contribution in [2.45, 2.75) is 33.2 Å². The van der Waals surface area contributed by atoms with Crippen molar-refractivity contribution in [1.29, 1.82) is 0 Å². The SMILES string of the molecule is CN=C(NCCCc1c(C)noc1C)N(C)Cc1cc(Cl)cn1C.I. The summed E-state index contributed by atoms with van der Waals surface area (Å²) in [6.07, 6.45) is 3.85. The Balaban J connectivity index is 0.00000312. The van der Waals surface area contributed by atoms with Gasteiger partial charge in [-0.15, -0.1) is 24.0 Å². The quantitative estimate of drug-likeness (QED) is 0.298. The van der Waals surface area contributed by atoms with E-state index in [2.05, 4.69) is 20.4 Å². The second-order valence-corrected chi connectivity index (χ2v) is 6.43. The van der Waals surface area contributed by atoms with E-state index < -0.39 is 0 Å². The van der Waals surface area contributed by atoms with Crippen molar-refractivity contribution in [3.63, 3.8) is 0 Å². The normalized spacial score (nSPS) is 11.4. The molecule has 0 bridgehead atoms. The molecule has 0 atom stereocenters. The number of nitrogens with zero attached hydrogens (tertiary/aromatic N) is 4. The summed E-state index contributed by atoms with van der Waals surface area (Å²) in [7, 11) is 5.81. The highest BCUT2D eigenvalue weighted by molar-refractivity contribution is 14.0. The van der Waals surface area contributed by atoms with Crippen molar-refractivity contribution in [1.82, 2.24) is 19.9 Å².